The molecule has 12 N–H and O–H groups in total. The molecule has 0 saturated heterocycles. The fourth-order valence-electron chi connectivity index (χ4n) is 6.01. The van der Waals surface area contributed by atoms with Crippen molar-refractivity contribution in [2.24, 2.45) is 27.9 Å². The maximum atomic E-state index is 14.0. The predicted octanol–water partition coefficient (Wildman–Crippen LogP) is 0.735. The molecule has 0 saturated carbocycles. The van der Waals surface area contributed by atoms with Crippen LogP contribution in [0.25, 0.3) is 11.1 Å². The van der Waals surface area contributed by atoms with E-state index in [-0.39, 0.29) is 44.6 Å². The monoisotopic (exact) mass is 775 g/mol. The summed E-state index contributed by atoms with van der Waals surface area (Å²) in [6.07, 6.45) is -0.302. The average molecular weight is 776 g/mol. The SMILES string of the molecule is NC(=O)CC(NC(=O)Cc1ccc(-c2ccccc2)cc1)C(=O)N[C@H](CCCN=C(N)N)C(=O)NC(Cc1ccccc1)C(=O)NC(Cc1ccccc1)C(N)=O. The first-order valence-corrected chi connectivity index (χ1v) is 18.4. The van der Waals surface area contributed by atoms with Gasteiger partial charge in [0.05, 0.1) is 12.8 Å². The van der Waals surface area contributed by atoms with E-state index in [1.165, 1.54) is 0 Å². The lowest BCUT2D eigenvalue weighted by atomic mass is 10.0. The summed E-state index contributed by atoms with van der Waals surface area (Å²) in [6.45, 7) is 0.111. The van der Waals surface area contributed by atoms with E-state index in [2.05, 4.69) is 26.3 Å². The number of amides is 6. The summed E-state index contributed by atoms with van der Waals surface area (Å²) in [5.41, 5.74) is 26.2. The molecule has 57 heavy (non-hydrogen) atoms. The molecule has 15 nitrogen and oxygen atoms in total. The van der Waals surface area contributed by atoms with Crippen LogP contribution in [0, 0.1) is 0 Å². The van der Waals surface area contributed by atoms with Crippen molar-refractivity contribution in [3.8, 4) is 11.1 Å². The van der Waals surface area contributed by atoms with Crippen LogP contribution >= 0.6 is 0 Å². The summed E-state index contributed by atoms with van der Waals surface area (Å²) in [7, 11) is 0. The van der Waals surface area contributed by atoms with Crippen molar-refractivity contribution in [1.29, 1.82) is 0 Å². The Balaban J connectivity index is 1.51. The summed E-state index contributed by atoms with van der Waals surface area (Å²) < 4.78 is 0. The quantitative estimate of drug-likeness (QED) is 0.0339. The van der Waals surface area contributed by atoms with Crippen LogP contribution in [0.5, 0.6) is 0 Å². The number of carbonyl (C=O) groups is 6. The second kappa shape index (κ2) is 21.8. The van der Waals surface area contributed by atoms with Gasteiger partial charge in [-0.2, -0.15) is 0 Å². The molecule has 3 unspecified atom stereocenters. The Morgan fingerprint density at radius 3 is 1.53 bits per heavy atom. The number of benzene rings is 4. The van der Waals surface area contributed by atoms with E-state index in [1.54, 1.807) is 66.7 Å². The molecule has 4 rings (SSSR count). The Morgan fingerprint density at radius 1 is 0.509 bits per heavy atom. The normalized spacial score (nSPS) is 12.8. The fourth-order valence-corrected chi connectivity index (χ4v) is 6.01. The molecule has 0 heterocycles. The van der Waals surface area contributed by atoms with Crippen molar-refractivity contribution in [3.05, 3.63) is 132 Å². The second-order valence-electron chi connectivity index (χ2n) is 13.4. The first kappa shape index (κ1) is 42.7. The minimum absolute atomic E-state index is 0.00303. The lowest BCUT2D eigenvalue weighted by Gasteiger charge is -2.26. The van der Waals surface area contributed by atoms with Crippen LogP contribution < -0.4 is 44.2 Å². The standard InChI is InChI=1S/C42H49N9O6/c43-36(52)26-35(48-37(53)25-29-18-20-31(21-19-29)30-15-8-3-9-16-30)41(57)49-32(17-10-22-47-42(45)46)39(55)51-34(24-28-13-6-2-7-14-28)40(56)50-33(38(44)54)23-27-11-4-1-5-12-27/h1-9,11-16,18-21,32-35H,10,17,22-26H2,(H2,43,52)(H2,44,54)(H,48,53)(H,49,57)(H,50,56)(H,51,55)(H4,45,46,47)/t32-,33?,34?,35?/m1/s1. The van der Waals surface area contributed by atoms with Gasteiger partial charge >= 0.3 is 0 Å². The number of nitrogens with two attached hydrogens (primary N) is 4. The third-order valence-corrected chi connectivity index (χ3v) is 8.92. The van der Waals surface area contributed by atoms with Gasteiger partial charge in [0.15, 0.2) is 5.96 Å². The van der Waals surface area contributed by atoms with Gasteiger partial charge in [0.2, 0.25) is 35.4 Å². The van der Waals surface area contributed by atoms with Crippen LogP contribution in [0.1, 0.15) is 36.0 Å². The van der Waals surface area contributed by atoms with Crippen LogP contribution in [-0.4, -0.2) is 72.1 Å². The highest BCUT2D eigenvalue weighted by atomic mass is 16.2. The minimum atomic E-state index is -1.43. The van der Waals surface area contributed by atoms with Crippen molar-refractivity contribution in [1.82, 2.24) is 21.3 Å². The maximum Gasteiger partial charge on any atom is 0.243 e. The number of carbonyl (C=O) groups excluding carboxylic acids is 6. The molecule has 4 aromatic rings. The van der Waals surface area contributed by atoms with Crippen LogP contribution in [-0.2, 0) is 48.0 Å². The van der Waals surface area contributed by atoms with E-state index in [0.29, 0.717) is 11.1 Å². The number of hydrogen-bond donors (Lipinski definition) is 8. The number of hydrogen-bond acceptors (Lipinski definition) is 7. The molecule has 0 bridgehead atoms. The number of rotatable bonds is 21. The smallest absolute Gasteiger partial charge is 0.243 e. The predicted molar refractivity (Wildman–Crippen MR) is 217 cm³/mol. The number of primary amides is 2. The van der Waals surface area contributed by atoms with Gasteiger partial charge in [0.25, 0.3) is 0 Å². The Labute approximate surface area is 331 Å². The summed E-state index contributed by atoms with van der Waals surface area (Å²) in [6, 6.07) is 29.9. The lowest BCUT2D eigenvalue weighted by molar-refractivity contribution is -0.135. The van der Waals surface area contributed by atoms with E-state index < -0.39 is 66.0 Å². The molecule has 0 aliphatic rings. The van der Waals surface area contributed by atoms with Gasteiger partial charge in [-0.25, -0.2) is 0 Å². The molecule has 298 valence electrons. The van der Waals surface area contributed by atoms with E-state index in [9.17, 15) is 28.8 Å². The topological polar surface area (TPSA) is 267 Å². The van der Waals surface area contributed by atoms with E-state index >= 15 is 0 Å². The van der Waals surface area contributed by atoms with Gasteiger partial charge in [-0.1, -0.05) is 115 Å². The molecular weight excluding hydrogens is 727 g/mol. The third-order valence-electron chi connectivity index (χ3n) is 8.92. The maximum absolute atomic E-state index is 14.0. The third kappa shape index (κ3) is 14.6. The largest absolute Gasteiger partial charge is 0.370 e. The first-order chi connectivity index (χ1) is 27.4. The zero-order chi connectivity index (χ0) is 41.2. The molecule has 0 spiro atoms. The van der Waals surface area contributed by atoms with Crippen LogP contribution in [0.3, 0.4) is 0 Å². The number of nitrogens with one attached hydrogen (secondary N) is 4. The molecular formula is C42H49N9O6. The first-order valence-electron chi connectivity index (χ1n) is 18.4. The molecule has 4 atom stereocenters. The summed E-state index contributed by atoms with van der Waals surface area (Å²) in [5, 5.41) is 10.6. The van der Waals surface area contributed by atoms with Crippen molar-refractivity contribution in [3.63, 3.8) is 0 Å². The van der Waals surface area contributed by atoms with Crippen molar-refractivity contribution >= 4 is 41.4 Å². The van der Waals surface area contributed by atoms with Gasteiger partial charge in [-0.15, -0.1) is 0 Å². The fraction of sp³-hybridized carbons (Fsp3) is 0.262. The van der Waals surface area contributed by atoms with Gasteiger partial charge in [0.1, 0.15) is 24.2 Å². The van der Waals surface area contributed by atoms with Gasteiger partial charge in [-0.05, 0) is 40.7 Å². The van der Waals surface area contributed by atoms with Crippen LogP contribution in [0.2, 0.25) is 0 Å². The Morgan fingerprint density at radius 2 is 0.982 bits per heavy atom. The molecule has 0 aromatic heterocycles. The average Bonchev–Trinajstić information content (AvgIpc) is 3.19. The van der Waals surface area contributed by atoms with Crippen molar-refractivity contribution in [2.45, 2.75) is 62.7 Å². The second-order valence-corrected chi connectivity index (χ2v) is 13.4. The summed E-state index contributed by atoms with van der Waals surface area (Å²) >= 11 is 0. The van der Waals surface area contributed by atoms with Gasteiger partial charge in [-0.3, -0.25) is 33.8 Å². The number of guanidine groups is 1. The van der Waals surface area contributed by atoms with Crippen LogP contribution in [0.4, 0.5) is 0 Å². The molecule has 4 aromatic carbocycles. The molecule has 0 aliphatic carbocycles. The highest BCUT2D eigenvalue weighted by molar-refractivity contribution is 5.97. The summed E-state index contributed by atoms with van der Waals surface area (Å²) in [4.78, 5) is 83.1. The van der Waals surface area contributed by atoms with E-state index in [4.69, 9.17) is 22.9 Å². The van der Waals surface area contributed by atoms with Crippen molar-refractivity contribution in [2.75, 3.05) is 6.54 Å². The van der Waals surface area contributed by atoms with Gasteiger partial charge in [0, 0.05) is 19.4 Å². The van der Waals surface area contributed by atoms with Crippen LogP contribution in [0.15, 0.2) is 120 Å². The molecule has 0 radical (unpaired) electrons. The highest BCUT2D eigenvalue weighted by Crippen LogP contribution is 2.19. The summed E-state index contributed by atoms with van der Waals surface area (Å²) in [5.74, 6) is -4.66. The molecule has 0 fully saturated rings. The number of aliphatic imine (C=N–C) groups is 1. The zero-order valence-electron chi connectivity index (χ0n) is 31.4. The van der Waals surface area contributed by atoms with E-state index in [1.807, 2.05) is 48.5 Å². The van der Waals surface area contributed by atoms with Gasteiger partial charge < -0.3 is 44.2 Å². The van der Waals surface area contributed by atoms with E-state index in [0.717, 1.165) is 16.7 Å². The minimum Gasteiger partial charge on any atom is -0.370 e. The molecule has 15 heteroatoms. The molecule has 0 aliphatic heterocycles. The Hall–Kier alpha value is -7.03. The highest BCUT2D eigenvalue weighted by Gasteiger charge is 2.32. The number of nitrogens with zero attached hydrogens (tertiary/aromatic N) is 1. The van der Waals surface area contributed by atoms with Crippen molar-refractivity contribution < 1.29 is 28.8 Å². The molecule has 6 amide bonds. The Bertz CT molecular complexity index is 1990. The lowest BCUT2D eigenvalue weighted by Crippen LogP contribution is -2.59. The Kier molecular flexibility index (Phi) is 16.3. The zero-order valence-corrected chi connectivity index (χ0v) is 31.4.